The minimum atomic E-state index is -0.346. The topological polar surface area (TPSA) is 80.6 Å². The van der Waals surface area contributed by atoms with E-state index in [0.29, 0.717) is 28.3 Å². The number of benzene rings is 3. The number of hydrogen-bond donors (Lipinski definition) is 2. The Morgan fingerprint density at radius 3 is 2.20 bits per heavy atom. The summed E-state index contributed by atoms with van der Waals surface area (Å²) in [5.41, 5.74) is 2.24. The van der Waals surface area contributed by atoms with Gasteiger partial charge in [-0.3, -0.25) is 9.59 Å². The zero-order valence-electron chi connectivity index (χ0n) is 15.9. The van der Waals surface area contributed by atoms with Crippen LogP contribution in [0.1, 0.15) is 20.9 Å². The number of anilines is 2. The number of carbonyl (C=O) groups excluding carboxylic acids is 2. The molecule has 150 valence electrons. The van der Waals surface area contributed by atoms with Crippen LogP contribution in [0.3, 0.4) is 0 Å². The first kappa shape index (κ1) is 19.7. The van der Waals surface area contributed by atoms with Gasteiger partial charge < -0.3 is 19.8 Å². The zero-order chi connectivity index (χ0) is 21.1. The number of fused-ring (bicyclic) bond motifs is 1. The number of carbonyl (C=O) groups is 2. The van der Waals surface area contributed by atoms with Gasteiger partial charge in [0.1, 0.15) is 11.3 Å². The number of rotatable bonds is 5. The summed E-state index contributed by atoms with van der Waals surface area (Å²) < 4.78 is 11.6. The van der Waals surface area contributed by atoms with Crippen LogP contribution in [-0.4, -0.2) is 18.9 Å². The standard InChI is InChI=1S/C23H17BrN2O4/c1-29-20-11-6-15(24)13-18(20)22(27)25-16-7-9-17(10-8-16)26-23(28)21-12-14-4-2-3-5-19(14)30-21/h2-13H,1H3,(H,25,27)(H,26,28). The molecule has 0 saturated heterocycles. The molecule has 1 aromatic heterocycles. The van der Waals surface area contributed by atoms with E-state index in [4.69, 9.17) is 9.15 Å². The number of ether oxygens (including phenoxy) is 1. The third-order valence-electron chi connectivity index (χ3n) is 4.46. The molecule has 2 N–H and O–H groups in total. The normalized spacial score (nSPS) is 10.6. The molecule has 0 fully saturated rings. The van der Waals surface area contributed by atoms with Gasteiger partial charge in [-0.2, -0.15) is 0 Å². The second-order valence-corrected chi connectivity index (χ2v) is 7.39. The number of furan rings is 1. The van der Waals surface area contributed by atoms with Gasteiger partial charge in [0.2, 0.25) is 0 Å². The lowest BCUT2D eigenvalue weighted by Crippen LogP contribution is -2.14. The van der Waals surface area contributed by atoms with Crippen LogP contribution >= 0.6 is 15.9 Å². The summed E-state index contributed by atoms with van der Waals surface area (Å²) in [4.78, 5) is 25.0. The molecular weight excluding hydrogens is 448 g/mol. The highest BCUT2D eigenvalue weighted by Gasteiger charge is 2.14. The van der Waals surface area contributed by atoms with Crippen molar-refractivity contribution in [2.75, 3.05) is 17.7 Å². The zero-order valence-corrected chi connectivity index (χ0v) is 17.5. The number of nitrogens with one attached hydrogen (secondary N) is 2. The van der Waals surface area contributed by atoms with Crippen LogP contribution in [0, 0.1) is 0 Å². The molecule has 0 aliphatic rings. The van der Waals surface area contributed by atoms with Crippen molar-refractivity contribution in [3.05, 3.63) is 88.6 Å². The maximum atomic E-state index is 12.6. The van der Waals surface area contributed by atoms with E-state index in [9.17, 15) is 9.59 Å². The van der Waals surface area contributed by atoms with Crippen molar-refractivity contribution < 1.29 is 18.7 Å². The molecule has 0 radical (unpaired) electrons. The molecule has 7 heteroatoms. The molecule has 0 saturated carbocycles. The summed E-state index contributed by atoms with van der Waals surface area (Å²) >= 11 is 3.36. The van der Waals surface area contributed by atoms with Crippen LogP contribution in [0.4, 0.5) is 11.4 Å². The first-order valence-electron chi connectivity index (χ1n) is 9.08. The third kappa shape index (κ3) is 4.21. The first-order valence-corrected chi connectivity index (χ1v) is 9.87. The molecule has 1 heterocycles. The Morgan fingerprint density at radius 1 is 0.867 bits per heavy atom. The fourth-order valence-corrected chi connectivity index (χ4v) is 3.34. The van der Waals surface area contributed by atoms with Gasteiger partial charge in [0, 0.05) is 21.2 Å². The van der Waals surface area contributed by atoms with Crippen LogP contribution < -0.4 is 15.4 Å². The van der Waals surface area contributed by atoms with Crippen molar-refractivity contribution in [1.82, 2.24) is 0 Å². The third-order valence-corrected chi connectivity index (χ3v) is 4.95. The van der Waals surface area contributed by atoms with Crippen molar-refractivity contribution in [3.8, 4) is 5.75 Å². The van der Waals surface area contributed by atoms with Crippen LogP contribution in [0.25, 0.3) is 11.0 Å². The highest BCUT2D eigenvalue weighted by atomic mass is 79.9. The SMILES string of the molecule is COc1ccc(Br)cc1C(=O)Nc1ccc(NC(=O)c2cc3ccccc3o2)cc1. The second-order valence-electron chi connectivity index (χ2n) is 6.48. The molecule has 2 amide bonds. The van der Waals surface area contributed by atoms with Gasteiger partial charge in [-0.15, -0.1) is 0 Å². The molecule has 0 atom stereocenters. The van der Waals surface area contributed by atoms with E-state index in [1.807, 2.05) is 24.3 Å². The molecule has 3 aromatic carbocycles. The lowest BCUT2D eigenvalue weighted by molar-refractivity contribution is 0.0996. The maximum absolute atomic E-state index is 12.6. The lowest BCUT2D eigenvalue weighted by atomic mass is 10.2. The van der Waals surface area contributed by atoms with E-state index in [2.05, 4.69) is 26.6 Å². The van der Waals surface area contributed by atoms with E-state index in [0.717, 1.165) is 9.86 Å². The summed E-state index contributed by atoms with van der Waals surface area (Å²) in [6.45, 7) is 0. The lowest BCUT2D eigenvalue weighted by Gasteiger charge is -2.10. The predicted octanol–water partition coefficient (Wildman–Crippen LogP) is 5.71. The molecule has 4 rings (SSSR count). The molecule has 0 spiro atoms. The highest BCUT2D eigenvalue weighted by molar-refractivity contribution is 9.10. The number of halogens is 1. The smallest absolute Gasteiger partial charge is 0.291 e. The van der Waals surface area contributed by atoms with Crippen molar-refractivity contribution in [1.29, 1.82) is 0 Å². The van der Waals surface area contributed by atoms with Crippen molar-refractivity contribution in [3.63, 3.8) is 0 Å². The van der Waals surface area contributed by atoms with Crippen molar-refractivity contribution in [2.45, 2.75) is 0 Å². The van der Waals surface area contributed by atoms with E-state index in [1.165, 1.54) is 7.11 Å². The number of hydrogen-bond acceptors (Lipinski definition) is 4. The fraction of sp³-hybridized carbons (Fsp3) is 0.0435. The molecule has 0 unspecified atom stereocenters. The summed E-state index contributed by atoms with van der Waals surface area (Å²) in [7, 11) is 1.51. The predicted molar refractivity (Wildman–Crippen MR) is 119 cm³/mol. The van der Waals surface area contributed by atoms with Crippen LogP contribution in [-0.2, 0) is 0 Å². The first-order chi connectivity index (χ1) is 14.5. The maximum Gasteiger partial charge on any atom is 0.291 e. The number of methoxy groups -OCH3 is 1. The summed E-state index contributed by atoms with van der Waals surface area (Å²) in [6.07, 6.45) is 0. The molecule has 0 aliphatic carbocycles. The minimum absolute atomic E-state index is 0.232. The van der Waals surface area contributed by atoms with Crippen molar-refractivity contribution in [2.24, 2.45) is 0 Å². The average molecular weight is 465 g/mol. The van der Waals surface area contributed by atoms with Crippen LogP contribution in [0.15, 0.2) is 81.7 Å². The van der Waals surface area contributed by atoms with Gasteiger partial charge in [0.05, 0.1) is 12.7 Å². The van der Waals surface area contributed by atoms with E-state index >= 15 is 0 Å². The molecule has 0 bridgehead atoms. The summed E-state index contributed by atoms with van der Waals surface area (Å²) in [6, 6.07) is 21.2. The Morgan fingerprint density at radius 2 is 1.53 bits per heavy atom. The Bertz CT molecular complexity index is 1200. The van der Waals surface area contributed by atoms with Crippen LogP contribution in [0.5, 0.6) is 5.75 Å². The average Bonchev–Trinajstić information content (AvgIpc) is 3.19. The molecule has 4 aromatic rings. The number of amides is 2. The van der Waals surface area contributed by atoms with Crippen molar-refractivity contribution >= 4 is 50.1 Å². The Labute approximate surface area is 181 Å². The van der Waals surface area contributed by atoms with Gasteiger partial charge in [-0.25, -0.2) is 0 Å². The monoisotopic (exact) mass is 464 g/mol. The van der Waals surface area contributed by atoms with E-state index in [1.54, 1.807) is 48.5 Å². The van der Waals surface area contributed by atoms with Crippen LogP contribution in [0.2, 0.25) is 0 Å². The molecule has 0 aliphatic heterocycles. The van der Waals surface area contributed by atoms with Gasteiger partial charge in [0.25, 0.3) is 11.8 Å². The summed E-state index contributed by atoms with van der Waals surface area (Å²) in [5, 5.41) is 6.47. The second kappa shape index (κ2) is 8.42. The van der Waals surface area contributed by atoms with E-state index < -0.39 is 0 Å². The Balaban J connectivity index is 1.44. The Hall–Kier alpha value is -3.58. The molecule has 30 heavy (non-hydrogen) atoms. The Kier molecular flexibility index (Phi) is 5.54. The highest BCUT2D eigenvalue weighted by Crippen LogP contribution is 2.25. The quantitative estimate of drug-likeness (QED) is 0.396. The van der Waals surface area contributed by atoms with Gasteiger partial charge in [0.15, 0.2) is 5.76 Å². The fourth-order valence-electron chi connectivity index (χ4n) is 2.98. The number of para-hydroxylation sites is 1. The largest absolute Gasteiger partial charge is 0.496 e. The summed E-state index contributed by atoms with van der Waals surface area (Å²) in [5.74, 6) is 0.0646. The minimum Gasteiger partial charge on any atom is -0.496 e. The molecular formula is C23H17BrN2O4. The van der Waals surface area contributed by atoms with Gasteiger partial charge >= 0.3 is 0 Å². The van der Waals surface area contributed by atoms with E-state index in [-0.39, 0.29) is 17.6 Å². The van der Waals surface area contributed by atoms with Gasteiger partial charge in [-0.05, 0) is 54.6 Å². The van der Waals surface area contributed by atoms with Gasteiger partial charge in [-0.1, -0.05) is 34.1 Å². The molecule has 6 nitrogen and oxygen atoms in total.